The molecule has 0 bridgehead atoms. The van der Waals surface area contributed by atoms with E-state index in [2.05, 4.69) is 5.16 Å². The van der Waals surface area contributed by atoms with E-state index in [1.165, 1.54) is 6.92 Å². The summed E-state index contributed by atoms with van der Waals surface area (Å²) in [5.41, 5.74) is 0.499. The number of para-hydroxylation sites is 1. The van der Waals surface area contributed by atoms with E-state index in [1.807, 2.05) is 0 Å². The summed E-state index contributed by atoms with van der Waals surface area (Å²) in [5.74, 6) is -0.110. The summed E-state index contributed by atoms with van der Waals surface area (Å²) >= 11 is 0. The normalized spacial score (nSPS) is 11.1. The summed E-state index contributed by atoms with van der Waals surface area (Å²) in [5, 5.41) is 4.10. The van der Waals surface area contributed by atoms with Crippen LogP contribution in [0.4, 0.5) is 0 Å². The van der Waals surface area contributed by atoms with Crippen molar-refractivity contribution in [1.29, 1.82) is 0 Å². The van der Waals surface area contributed by atoms with Crippen LogP contribution in [0.15, 0.2) is 28.8 Å². The van der Waals surface area contributed by atoms with Crippen LogP contribution >= 0.6 is 0 Å². The molecule has 7 heteroatoms. The quantitative estimate of drug-likeness (QED) is 0.499. The molecule has 0 fully saturated rings. The average molecular weight is 251 g/mol. The third-order valence-electron chi connectivity index (χ3n) is 1.90. The van der Waals surface area contributed by atoms with Gasteiger partial charge in [-0.25, -0.2) is 0 Å². The number of nitrogens with zero attached hydrogens (tertiary/aromatic N) is 1. The Kier molecular flexibility index (Phi) is 4.37. The van der Waals surface area contributed by atoms with Gasteiger partial charge in [0.15, 0.2) is 5.58 Å². The molecule has 0 unspecified atom stereocenters. The number of fused-ring (bicyclic) bond motifs is 1. The van der Waals surface area contributed by atoms with Gasteiger partial charge in [-0.2, -0.15) is 8.42 Å². The Morgan fingerprint density at radius 3 is 2.81 bits per heavy atom. The molecule has 0 spiro atoms. The molecule has 5 nitrogen and oxygen atoms in total. The minimum absolute atomic E-state index is 0. The minimum Gasteiger partial charge on any atom is -1.00 e. The van der Waals surface area contributed by atoms with Crippen molar-refractivity contribution in [2.24, 2.45) is 0 Å². The van der Waals surface area contributed by atoms with E-state index in [1.54, 1.807) is 24.3 Å². The maximum absolute atomic E-state index is 11.2. The Morgan fingerprint density at radius 1 is 1.44 bits per heavy atom. The van der Waals surface area contributed by atoms with Crippen LogP contribution in [0.2, 0.25) is 0 Å². The summed E-state index contributed by atoms with van der Waals surface area (Å²) in [6, 6.07) is 6.90. The van der Waals surface area contributed by atoms with Gasteiger partial charge in [0, 0.05) is 0 Å². The van der Waals surface area contributed by atoms with E-state index in [9.17, 15) is 8.42 Å². The molecule has 0 atom stereocenters. The fourth-order valence-corrected chi connectivity index (χ4v) is 1.58. The molecule has 1 aromatic carbocycles. The smallest absolute Gasteiger partial charge is 1.00 e. The number of hydrogen-bond acceptors (Lipinski definition) is 5. The summed E-state index contributed by atoms with van der Waals surface area (Å²) in [6.07, 6.45) is 0. The second-order valence-corrected chi connectivity index (χ2v) is 4.77. The van der Waals surface area contributed by atoms with Crippen LogP contribution in [0.25, 0.3) is 11.0 Å². The first-order valence-corrected chi connectivity index (χ1v) is 5.96. The van der Waals surface area contributed by atoms with E-state index in [-0.39, 0.29) is 42.6 Å². The largest absolute Gasteiger partial charge is 1.00 e. The molecule has 0 saturated carbocycles. The predicted molar refractivity (Wildman–Crippen MR) is 55.2 cm³/mol. The zero-order valence-corrected chi connectivity index (χ0v) is 11.8. The first-order chi connectivity index (χ1) is 7.12. The maximum atomic E-state index is 11.2. The van der Waals surface area contributed by atoms with E-state index < -0.39 is 10.1 Å². The zero-order chi connectivity index (χ0) is 10.9. The third kappa shape index (κ3) is 2.76. The van der Waals surface area contributed by atoms with Crippen molar-refractivity contribution in [1.82, 2.24) is 5.16 Å². The summed E-state index contributed by atoms with van der Waals surface area (Å²) in [6.45, 7) is 1.50. The molecule has 0 aliphatic carbocycles. The van der Waals surface area contributed by atoms with Crippen molar-refractivity contribution in [2.45, 2.75) is 6.92 Å². The Balaban J connectivity index is 0.00000128. The monoisotopic (exact) mass is 251 g/mol. The number of hydrogen-bond donors (Lipinski definition) is 0. The Bertz CT molecular complexity index is 583. The molecular formula is C9H10NNaO4S. The van der Waals surface area contributed by atoms with E-state index in [0.717, 1.165) is 0 Å². The van der Waals surface area contributed by atoms with Gasteiger partial charge in [-0.15, -0.1) is 0 Å². The molecule has 0 radical (unpaired) electrons. The minimum atomic E-state index is -3.56. The number of aromatic nitrogens is 1. The molecule has 0 N–H and O–H groups in total. The van der Waals surface area contributed by atoms with Gasteiger partial charge in [0.2, 0.25) is 0 Å². The summed E-state index contributed by atoms with van der Waals surface area (Å²) < 4.78 is 32.1. The van der Waals surface area contributed by atoms with Crippen molar-refractivity contribution < 1.29 is 48.1 Å². The van der Waals surface area contributed by atoms with Gasteiger partial charge < -0.3 is 10.1 Å². The molecular weight excluding hydrogens is 241 g/mol. The van der Waals surface area contributed by atoms with Crippen molar-refractivity contribution >= 4 is 21.1 Å². The predicted octanol–water partition coefficient (Wildman–Crippen LogP) is -1.33. The second-order valence-electron chi connectivity index (χ2n) is 2.91. The van der Waals surface area contributed by atoms with Crippen LogP contribution in [0.3, 0.4) is 0 Å². The molecule has 1 heterocycles. The van der Waals surface area contributed by atoms with E-state index >= 15 is 0 Å². The first kappa shape index (κ1) is 13.5. The van der Waals surface area contributed by atoms with Crippen LogP contribution in [0, 0.1) is 0 Å². The van der Waals surface area contributed by atoms with Gasteiger partial charge in [0.25, 0.3) is 5.88 Å². The second kappa shape index (κ2) is 5.18. The van der Waals surface area contributed by atoms with Crippen molar-refractivity contribution in [3.63, 3.8) is 0 Å². The van der Waals surface area contributed by atoms with Crippen molar-refractivity contribution in [3.05, 3.63) is 24.3 Å². The van der Waals surface area contributed by atoms with E-state index in [0.29, 0.717) is 11.0 Å². The van der Waals surface area contributed by atoms with Gasteiger partial charge in [-0.05, 0) is 24.2 Å². The molecule has 82 valence electrons. The molecule has 2 rings (SSSR count). The number of rotatable bonds is 3. The SMILES string of the molecule is CCS(=O)(=O)Oc1noc2ccccc12.[H-].[Na+]. The fourth-order valence-electron chi connectivity index (χ4n) is 1.10. The molecule has 0 amide bonds. The maximum Gasteiger partial charge on any atom is 1.00 e. The Hall–Kier alpha value is -0.560. The summed E-state index contributed by atoms with van der Waals surface area (Å²) in [7, 11) is -3.56. The van der Waals surface area contributed by atoms with Gasteiger partial charge in [0.05, 0.1) is 11.1 Å². The van der Waals surface area contributed by atoms with Gasteiger partial charge in [-0.3, -0.25) is 0 Å². The number of benzene rings is 1. The van der Waals surface area contributed by atoms with Crippen molar-refractivity contribution in [2.75, 3.05) is 5.75 Å². The van der Waals surface area contributed by atoms with Crippen LogP contribution in [-0.4, -0.2) is 19.3 Å². The summed E-state index contributed by atoms with van der Waals surface area (Å²) in [4.78, 5) is 0. The van der Waals surface area contributed by atoms with Gasteiger partial charge in [0.1, 0.15) is 0 Å². The molecule has 0 aliphatic heterocycles. The van der Waals surface area contributed by atoms with E-state index in [4.69, 9.17) is 8.71 Å². The molecule has 0 saturated heterocycles. The van der Waals surface area contributed by atoms with Crippen LogP contribution in [-0.2, 0) is 10.1 Å². The zero-order valence-electron chi connectivity index (χ0n) is 10.0. The van der Waals surface area contributed by atoms with Crippen molar-refractivity contribution in [3.8, 4) is 5.88 Å². The standard InChI is InChI=1S/C9H9NO4S.Na.H/c1-2-15(11,12)14-9-7-5-3-4-6-8(7)13-10-9;;/h3-6H,2H2,1H3;;/q;+1;-1. The molecule has 16 heavy (non-hydrogen) atoms. The Labute approximate surface area is 117 Å². The van der Waals surface area contributed by atoms with Gasteiger partial charge in [-0.1, -0.05) is 12.1 Å². The Morgan fingerprint density at radius 2 is 2.12 bits per heavy atom. The van der Waals surface area contributed by atoms with Gasteiger partial charge >= 0.3 is 39.7 Å². The molecule has 2 aromatic rings. The topological polar surface area (TPSA) is 69.4 Å². The van der Waals surface area contributed by atoms with Crippen LogP contribution < -0.4 is 33.7 Å². The molecule has 1 aromatic heterocycles. The fraction of sp³-hybridized carbons (Fsp3) is 0.222. The average Bonchev–Trinajstić information content (AvgIpc) is 2.62. The van der Waals surface area contributed by atoms with Crippen LogP contribution in [0.5, 0.6) is 5.88 Å². The third-order valence-corrected chi connectivity index (χ3v) is 3.02. The van der Waals surface area contributed by atoms with Crippen LogP contribution in [0.1, 0.15) is 8.35 Å². The first-order valence-electron chi connectivity index (χ1n) is 4.39. The molecule has 0 aliphatic rings.